The molecule has 1 rings (SSSR count). The average Bonchev–Trinajstić information content (AvgIpc) is 3.26. The van der Waals surface area contributed by atoms with Gasteiger partial charge in [-0.15, -0.1) is 0 Å². The van der Waals surface area contributed by atoms with E-state index >= 15 is 0 Å². The van der Waals surface area contributed by atoms with E-state index in [9.17, 15) is 24.0 Å². The van der Waals surface area contributed by atoms with Crippen molar-refractivity contribution in [2.45, 2.75) is 43.4 Å². The summed E-state index contributed by atoms with van der Waals surface area (Å²) < 4.78 is 0. The second-order valence-corrected chi connectivity index (χ2v) is 7.96. The lowest BCUT2D eigenvalue weighted by Crippen LogP contribution is -2.58. The van der Waals surface area contributed by atoms with Crippen LogP contribution in [0.15, 0.2) is 12.5 Å². The number of hydrogen-bond acceptors (Lipinski definition) is 9. The first-order valence-corrected chi connectivity index (χ1v) is 11.2. The molecule has 1 aromatic heterocycles. The fourth-order valence-corrected chi connectivity index (χ4v) is 3.09. The molecule has 0 aliphatic heterocycles. The second-order valence-electron chi connectivity index (χ2n) is 6.97. The lowest BCUT2D eigenvalue weighted by atomic mass is 10.1. The van der Waals surface area contributed by atoms with Crippen LogP contribution in [0.2, 0.25) is 0 Å². The molecule has 9 N–H and O–H groups in total. The van der Waals surface area contributed by atoms with E-state index in [4.69, 9.17) is 21.1 Å². The molecule has 0 aliphatic rings. The number of imidazole rings is 1. The van der Waals surface area contributed by atoms with Crippen molar-refractivity contribution in [1.82, 2.24) is 25.9 Å². The molecule has 0 aromatic carbocycles. The Morgan fingerprint density at radius 3 is 2.18 bits per heavy atom. The van der Waals surface area contributed by atoms with Gasteiger partial charge in [0.05, 0.1) is 25.4 Å². The van der Waals surface area contributed by atoms with Crippen molar-refractivity contribution in [2.75, 3.05) is 18.6 Å². The van der Waals surface area contributed by atoms with Gasteiger partial charge in [0.1, 0.15) is 18.1 Å². The summed E-state index contributed by atoms with van der Waals surface area (Å²) in [6.45, 7) is -0.935. The molecule has 0 saturated heterocycles. The zero-order valence-electron chi connectivity index (χ0n) is 17.8. The number of carbonyl (C=O) groups excluding carboxylic acids is 3. The van der Waals surface area contributed by atoms with E-state index in [-0.39, 0.29) is 12.8 Å². The summed E-state index contributed by atoms with van der Waals surface area (Å²) in [6, 6.07) is -5.46. The molecule has 15 heteroatoms. The fraction of sp³-hybridized carbons (Fsp3) is 0.556. The van der Waals surface area contributed by atoms with Gasteiger partial charge >= 0.3 is 11.9 Å². The predicted molar refractivity (Wildman–Crippen MR) is 116 cm³/mol. The number of amides is 3. The molecule has 1 heterocycles. The van der Waals surface area contributed by atoms with E-state index in [0.29, 0.717) is 11.4 Å². The highest BCUT2D eigenvalue weighted by Gasteiger charge is 2.31. The predicted octanol–water partition coefficient (Wildman–Crippen LogP) is -2.96. The van der Waals surface area contributed by atoms with E-state index in [1.54, 1.807) is 6.26 Å². The summed E-state index contributed by atoms with van der Waals surface area (Å²) in [5, 5.41) is 33.8. The number of rotatable bonds is 15. The normalized spacial score (nSPS) is 14.4. The van der Waals surface area contributed by atoms with Gasteiger partial charge in [-0.1, -0.05) is 0 Å². The molecular formula is C18H28N6O8S. The van der Waals surface area contributed by atoms with Gasteiger partial charge in [0.2, 0.25) is 17.7 Å². The molecule has 1 aromatic rings. The highest BCUT2D eigenvalue weighted by atomic mass is 32.2. The van der Waals surface area contributed by atoms with Crippen LogP contribution in [0.4, 0.5) is 0 Å². The monoisotopic (exact) mass is 488 g/mol. The molecule has 4 unspecified atom stereocenters. The van der Waals surface area contributed by atoms with Crippen LogP contribution in [0.5, 0.6) is 0 Å². The second kappa shape index (κ2) is 14.1. The molecule has 0 fully saturated rings. The quantitative estimate of drug-likeness (QED) is 0.124. The van der Waals surface area contributed by atoms with Crippen LogP contribution < -0.4 is 21.7 Å². The van der Waals surface area contributed by atoms with Gasteiger partial charge in [0, 0.05) is 18.3 Å². The number of nitrogens with two attached hydrogens (primary N) is 1. The Balaban J connectivity index is 2.89. The smallest absolute Gasteiger partial charge is 0.328 e. The highest BCUT2D eigenvalue weighted by molar-refractivity contribution is 7.98. The van der Waals surface area contributed by atoms with Gasteiger partial charge in [-0.05, 0) is 18.4 Å². The molecule has 3 amide bonds. The number of aromatic nitrogens is 2. The summed E-state index contributed by atoms with van der Waals surface area (Å²) >= 11 is 1.39. The number of nitrogens with one attached hydrogen (secondary N) is 4. The largest absolute Gasteiger partial charge is 0.481 e. The van der Waals surface area contributed by atoms with Crippen molar-refractivity contribution < 1.29 is 39.3 Å². The Morgan fingerprint density at radius 2 is 1.67 bits per heavy atom. The molecule has 4 atom stereocenters. The van der Waals surface area contributed by atoms with Gasteiger partial charge in [0.15, 0.2) is 0 Å². The molecule has 0 spiro atoms. The van der Waals surface area contributed by atoms with Crippen LogP contribution in [0.25, 0.3) is 0 Å². The Bertz CT molecular complexity index is 821. The number of carboxylic acids is 2. The number of hydrogen-bond donors (Lipinski definition) is 8. The van der Waals surface area contributed by atoms with Crippen LogP contribution >= 0.6 is 11.8 Å². The van der Waals surface area contributed by atoms with E-state index in [2.05, 4.69) is 20.6 Å². The van der Waals surface area contributed by atoms with Crippen molar-refractivity contribution in [2.24, 2.45) is 5.73 Å². The maximum absolute atomic E-state index is 12.8. The molecule has 184 valence electrons. The van der Waals surface area contributed by atoms with Gasteiger partial charge in [-0.3, -0.25) is 19.2 Å². The minimum Gasteiger partial charge on any atom is -0.481 e. The molecule has 0 bridgehead atoms. The summed E-state index contributed by atoms with van der Waals surface area (Å²) in [5.41, 5.74) is 6.49. The number of aliphatic carboxylic acids is 2. The van der Waals surface area contributed by atoms with E-state index in [1.807, 2.05) is 5.32 Å². The first kappa shape index (κ1) is 27.9. The molecule has 14 nitrogen and oxygen atoms in total. The number of nitrogens with zero attached hydrogens (tertiary/aromatic N) is 1. The third-order valence-corrected chi connectivity index (χ3v) is 5.03. The van der Waals surface area contributed by atoms with Crippen molar-refractivity contribution in [3.8, 4) is 0 Å². The fourth-order valence-electron chi connectivity index (χ4n) is 2.62. The van der Waals surface area contributed by atoms with Crippen molar-refractivity contribution in [3.05, 3.63) is 18.2 Å². The van der Waals surface area contributed by atoms with Gasteiger partial charge in [-0.2, -0.15) is 11.8 Å². The summed E-state index contributed by atoms with van der Waals surface area (Å²) in [7, 11) is 0. The first-order chi connectivity index (χ1) is 15.6. The number of carbonyl (C=O) groups is 5. The third-order valence-electron chi connectivity index (χ3n) is 4.38. The number of thioether (sulfide) groups is 1. The lowest BCUT2D eigenvalue weighted by Gasteiger charge is -2.24. The van der Waals surface area contributed by atoms with Crippen LogP contribution in [0.1, 0.15) is 18.5 Å². The Hall–Kier alpha value is -3.17. The third kappa shape index (κ3) is 9.88. The first-order valence-electron chi connectivity index (χ1n) is 9.77. The van der Waals surface area contributed by atoms with Crippen molar-refractivity contribution in [1.29, 1.82) is 0 Å². The Kier molecular flexibility index (Phi) is 11.9. The van der Waals surface area contributed by atoms with Crippen molar-refractivity contribution >= 4 is 41.4 Å². The summed E-state index contributed by atoms with van der Waals surface area (Å²) in [4.78, 5) is 66.4. The molecule has 0 saturated carbocycles. The molecule has 0 radical (unpaired) electrons. The van der Waals surface area contributed by atoms with Crippen molar-refractivity contribution in [3.63, 3.8) is 0 Å². The topological polar surface area (TPSA) is 237 Å². The zero-order chi connectivity index (χ0) is 25.0. The van der Waals surface area contributed by atoms with E-state index in [0.717, 1.165) is 0 Å². The SMILES string of the molecule is CSCCC(NC(=O)C(N)Cc1cnc[nH]1)C(=O)NC(CC(=O)O)C(=O)NC(CO)C(=O)O. The van der Waals surface area contributed by atoms with Gasteiger partial charge in [0.25, 0.3) is 0 Å². The summed E-state index contributed by atoms with van der Waals surface area (Å²) in [6.07, 6.45) is 4.14. The van der Waals surface area contributed by atoms with E-state index in [1.165, 1.54) is 24.3 Å². The van der Waals surface area contributed by atoms with Crippen LogP contribution in [0, 0.1) is 0 Å². The minimum atomic E-state index is -1.68. The lowest BCUT2D eigenvalue weighted by molar-refractivity contribution is -0.144. The maximum Gasteiger partial charge on any atom is 0.328 e. The van der Waals surface area contributed by atoms with Gasteiger partial charge < -0.3 is 42.0 Å². The van der Waals surface area contributed by atoms with Crippen LogP contribution in [-0.2, 0) is 30.4 Å². The number of carboxylic acid groups (broad SMARTS) is 2. The Labute approximate surface area is 193 Å². The van der Waals surface area contributed by atoms with Gasteiger partial charge in [-0.25, -0.2) is 9.78 Å². The zero-order valence-corrected chi connectivity index (χ0v) is 18.6. The standard InChI is InChI=1S/C18H28N6O8S/c1-33-3-2-11(22-15(28)10(19)4-9-6-20-8-21-9)16(29)23-12(5-14(26)27)17(30)24-13(7-25)18(31)32/h6,8,10-13,25H,2-5,7,19H2,1H3,(H,20,21)(H,22,28)(H,23,29)(H,24,30)(H,26,27)(H,31,32). The number of aliphatic hydroxyl groups is 1. The average molecular weight is 489 g/mol. The number of H-pyrrole nitrogens is 1. The van der Waals surface area contributed by atoms with Crippen LogP contribution in [0.3, 0.4) is 0 Å². The van der Waals surface area contributed by atoms with E-state index < -0.39 is 66.9 Å². The van der Waals surface area contributed by atoms with Crippen LogP contribution in [-0.4, -0.2) is 97.7 Å². The highest BCUT2D eigenvalue weighted by Crippen LogP contribution is 2.05. The number of aromatic amines is 1. The molecule has 0 aliphatic carbocycles. The Morgan fingerprint density at radius 1 is 1.06 bits per heavy atom. The molecule has 33 heavy (non-hydrogen) atoms. The maximum atomic E-state index is 12.8. The summed E-state index contributed by atoms with van der Waals surface area (Å²) in [5.74, 6) is -5.12. The number of aliphatic hydroxyl groups excluding tert-OH is 1. The minimum absolute atomic E-state index is 0.129. The molecular weight excluding hydrogens is 460 g/mol.